The largest absolute Gasteiger partial charge is 0.320 e. The molecule has 0 amide bonds. The average molecular weight is 288 g/mol. The lowest BCUT2D eigenvalue weighted by Crippen LogP contribution is -2.25. The zero-order valence-electron chi connectivity index (χ0n) is 11.5. The zero-order chi connectivity index (χ0) is 13.3. The van der Waals surface area contributed by atoms with E-state index in [1.807, 2.05) is 0 Å². The van der Waals surface area contributed by atoms with Crippen LogP contribution in [0.1, 0.15) is 63.7 Å². The van der Waals surface area contributed by atoms with Crippen molar-refractivity contribution >= 4 is 20.0 Å². The van der Waals surface area contributed by atoms with E-state index < -0.39 is 8.69 Å². The van der Waals surface area contributed by atoms with Crippen LogP contribution >= 0.6 is 20.0 Å². The predicted molar refractivity (Wildman–Crippen MR) is 81.1 cm³/mol. The van der Waals surface area contributed by atoms with Crippen LogP contribution in [0.5, 0.6) is 0 Å². The van der Waals surface area contributed by atoms with E-state index >= 15 is 0 Å². The fraction of sp³-hybridized carbons (Fsp3) is 0.714. The molecular formula is C14H25O2PS. The van der Waals surface area contributed by atoms with E-state index in [4.69, 9.17) is 4.52 Å². The second-order valence-electron chi connectivity index (χ2n) is 4.75. The molecule has 0 aliphatic rings. The highest BCUT2D eigenvalue weighted by Crippen LogP contribution is 2.41. The maximum absolute atomic E-state index is 11.1. The summed E-state index contributed by atoms with van der Waals surface area (Å²) in [4.78, 5) is 1.25. The van der Waals surface area contributed by atoms with Gasteiger partial charge in [0.2, 0.25) is 0 Å². The third-order valence-electron chi connectivity index (χ3n) is 3.36. The smallest absolute Gasteiger partial charge is 0.180 e. The summed E-state index contributed by atoms with van der Waals surface area (Å²) in [7, 11) is -1.15. The minimum Gasteiger partial charge on any atom is -0.320 e. The molecule has 0 aliphatic heterocycles. The minimum atomic E-state index is -1.15. The summed E-state index contributed by atoms with van der Waals surface area (Å²) in [5, 5.41) is 2.08. The number of thiophene rings is 1. The van der Waals surface area contributed by atoms with Gasteiger partial charge in [-0.2, -0.15) is 0 Å². The van der Waals surface area contributed by atoms with Crippen LogP contribution in [-0.2, 0) is 14.7 Å². The van der Waals surface area contributed by atoms with E-state index in [1.165, 1.54) is 17.7 Å². The lowest BCUT2D eigenvalue weighted by Gasteiger charge is -2.31. The highest BCUT2D eigenvalue weighted by molar-refractivity contribution is 7.17. The van der Waals surface area contributed by atoms with Crippen LogP contribution in [0.3, 0.4) is 0 Å². The van der Waals surface area contributed by atoms with Crippen LogP contribution in [0.4, 0.5) is 0 Å². The van der Waals surface area contributed by atoms with Gasteiger partial charge < -0.3 is 4.52 Å². The summed E-state index contributed by atoms with van der Waals surface area (Å²) in [6, 6.07) is 4.19. The molecule has 0 spiro atoms. The summed E-state index contributed by atoms with van der Waals surface area (Å²) in [5.74, 6) is 0. The average Bonchev–Trinajstić information content (AvgIpc) is 2.90. The van der Waals surface area contributed by atoms with Crippen molar-refractivity contribution in [2.24, 2.45) is 0 Å². The van der Waals surface area contributed by atoms with Crippen molar-refractivity contribution in [3.05, 3.63) is 22.4 Å². The van der Waals surface area contributed by atoms with E-state index in [0.29, 0.717) is 0 Å². The van der Waals surface area contributed by atoms with Gasteiger partial charge in [-0.05, 0) is 24.3 Å². The van der Waals surface area contributed by atoms with Gasteiger partial charge in [-0.3, -0.25) is 4.57 Å². The Kier molecular flexibility index (Phi) is 7.88. The molecule has 1 rings (SSSR count). The van der Waals surface area contributed by atoms with Gasteiger partial charge in [0.15, 0.2) is 8.69 Å². The van der Waals surface area contributed by atoms with Crippen LogP contribution in [0.2, 0.25) is 0 Å². The quantitative estimate of drug-likeness (QED) is 0.425. The summed E-state index contributed by atoms with van der Waals surface area (Å²) < 4.78 is 16.9. The molecule has 0 bridgehead atoms. The molecule has 0 aromatic carbocycles. The number of hydrogen-bond donors (Lipinski definition) is 0. The van der Waals surface area contributed by atoms with Crippen LogP contribution in [-0.4, -0.2) is 0 Å². The summed E-state index contributed by atoms with van der Waals surface area (Å²) in [6.07, 6.45) is 7.84. The van der Waals surface area contributed by atoms with Crippen LogP contribution in [0.15, 0.2) is 17.5 Å². The third-order valence-corrected chi connectivity index (χ3v) is 4.96. The Morgan fingerprint density at radius 2 is 1.94 bits per heavy atom. The number of rotatable bonds is 10. The predicted octanol–water partition coefficient (Wildman–Crippen LogP) is 5.40. The molecule has 1 aromatic rings. The fourth-order valence-corrected chi connectivity index (χ4v) is 3.86. The lowest BCUT2D eigenvalue weighted by atomic mass is 9.89. The van der Waals surface area contributed by atoms with Gasteiger partial charge in [-0.1, -0.05) is 52.0 Å². The summed E-state index contributed by atoms with van der Waals surface area (Å²) in [5.41, 5.74) is -0.281. The van der Waals surface area contributed by atoms with E-state index in [2.05, 4.69) is 31.4 Å². The molecule has 4 heteroatoms. The Bertz CT molecular complexity index is 327. The normalized spacial score (nSPS) is 15.2. The number of hydrogen-bond acceptors (Lipinski definition) is 3. The van der Waals surface area contributed by atoms with Gasteiger partial charge in [0.25, 0.3) is 0 Å². The van der Waals surface area contributed by atoms with E-state index in [9.17, 15) is 4.57 Å². The molecule has 1 heterocycles. The fourth-order valence-electron chi connectivity index (χ4n) is 2.30. The van der Waals surface area contributed by atoms with Gasteiger partial charge in [0.05, 0.1) is 0 Å². The Morgan fingerprint density at radius 1 is 1.22 bits per heavy atom. The molecule has 0 N–H and O–H groups in total. The molecular weight excluding hydrogens is 263 g/mol. The van der Waals surface area contributed by atoms with Gasteiger partial charge in [-0.15, -0.1) is 11.3 Å². The molecule has 0 fully saturated rings. The van der Waals surface area contributed by atoms with E-state index in [-0.39, 0.29) is 5.60 Å². The zero-order valence-corrected chi connectivity index (χ0v) is 13.5. The highest BCUT2D eigenvalue weighted by Gasteiger charge is 2.33. The molecule has 2 unspecified atom stereocenters. The maximum Gasteiger partial charge on any atom is 0.180 e. The van der Waals surface area contributed by atoms with Crippen molar-refractivity contribution in [1.82, 2.24) is 0 Å². The van der Waals surface area contributed by atoms with Crippen molar-refractivity contribution < 1.29 is 9.09 Å². The van der Waals surface area contributed by atoms with Crippen molar-refractivity contribution in [2.45, 2.75) is 64.4 Å². The van der Waals surface area contributed by atoms with Gasteiger partial charge in [0.1, 0.15) is 5.60 Å². The molecule has 18 heavy (non-hydrogen) atoms. The molecule has 0 aliphatic carbocycles. The summed E-state index contributed by atoms with van der Waals surface area (Å²) in [6.45, 7) is 4.40. The Hall–Kier alpha value is -0.110. The standard InChI is InChI=1S/C14H25O2PS/c1-3-5-7-11-14(16-17-15,10-6-4-2)13-9-8-12-18-13/h8-9,12H,3-7,10-11,17H2,1-2H3. The monoisotopic (exact) mass is 288 g/mol. The van der Waals surface area contributed by atoms with Crippen molar-refractivity contribution in [3.8, 4) is 0 Å². The first-order chi connectivity index (χ1) is 8.79. The second-order valence-corrected chi connectivity index (χ2v) is 6.12. The molecule has 2 nitrogen and oxygen atoms in total. The Balaban J connectivity index is 2.82. The van der Waals surface area contributed by atoms with Crippen LogP contribution < -0.4 is 0 Å². The molecule has 0 saturated heterocycles. The Labute approximate surface area is 116 Å². The maximum atomic E-state index is 11.1. The lowest BCUT2D eigenvalue weighted by molar-refractivity contribution is 0.0602. The van der Waals surface area contributed by atoms with Crippen molar-refractivity contribution in [1.29, 1.82) is 0 Å². The van der Waals surface area contributed by atoms with E-state index in [1.54, 1.807) is 11.3 Å². The minimum absolute atomic E-state index is 0.281. The first-order valence-electron chi connectivity index (χ1n) is 6.94. The molecule has 104 valence electrons. The first kappa shape index (κ1) is 15.9. The van der Waals surface area contributed by atoms with E-state index in [0.717, 1.165) is 32.1 Å². The molecule has 0 saturated carbocycles. The molecule has 2 atom stereocenters. The second kappa shape index (κ2) is 8.90. The van der Waals surface area contributed by atoms with Crippen molar-refractivity contribution in [2.75, 3.05) is 0 Å². The highest BCUT2D eigenvalue weighted by atomic mass is 32.1. The summed E-state index contributed by atoms with van der Waals surface area (Å²) >= 11 is 1.73. The number of unbranched alkanes of at least 4 members (excludes halogenated alkanes) is 3. The van der Waals surface area contributed by atoms with Crippen molar-refractivity contribution in [3.63, 3.8) is 0 Å². The van der Waals surface area contributed by atoms with Gasteiger partial charge in [0, 0.05) is 4.88 Å². The van der Waals surface area contributed by atoms with Gasteiger partial charge >= 0.3 is 0 Å². The molecule has 1 aromatic heterocycles. The van der Waals surface area contributed by atoms with Gasteiger partial charge in [-0.25, -0.2) is 0 Å². The van der Waals surface area contributed by atoms with Crippen LogP contribution in [0, 0.1) is 0 Å². The Morgan fingerprint density at radius 3 is 2.50 bits per heavy atom. The van der Waals surface area contributed by atoms with Crippen LogP contribution in [0.25, 0.3) is 0 Å². The topological polar surface area (TPSA) is 26.3 Å². The first-order valence-corrected chi connectivity index (χ1v) is 8.76. The SMILES string of the molecule is CCCCCC(CCCC)(O[PH2]=O)c1cccs1. The molecule has 0 radical (unpaired) electrons. The third kappa shape index (κ3) is 4.53.